The average Bonchev–Trinajstić information content (AvgIpc) is 2.91. The number of aryl methyl sites for hydroxylation is 2. The third kappa shape index (κ3) is 4.09. The summed E-state index contributed by atoms with van der Waals surface area (Å²) in [6.07, 6.45) is 1.60. The molecule has 2 aromatic carbocycles. The van der Waals surface area contributed by atoms with E-state index < -0.39 is 11.7 Å². The number of rotatable bonds is 4. The molecule has 0 aliphatic heterocycles. The van der Waals surface area contributed by atoms with Crippen LogP contribution in [0.3, 0.4) is 0 Å². The van der Waals surface area contributed by atoms with Crippen LogP contribution in [0.25, 0.3) is 5.69 Å². The first-order valence-electron chi connectivity index (χ1n) is 8.41. The van der Waals surface area contributed by atoms with Crippen molar-refractivity contribution in [3.63, 3.8) is 0 Å². The summed E-state index contributed by atoms with van der Waals surface area (Å²) >= 11 is 6.15. The molecule has 1 amide bonds. The third-order valence-electron chi connectivity index (χ3n) is 4.36. The second-order valence-corrected chi connectivity index (χ2v) is 6.74. The number of carbonyl (C=O) groups is 1. The predicted octanol–water partition coefficient (Wildman–Crippen LogP) is 4.96. The maximum atomic E-state index is 12.9. The van der Waals surface area contributed by atoms with E-state index in [2.05, 4.69) is 15.1 Å². The van der Waals surface area contributed by atoms with Crippen molar-refractivity contribution < 1.29 is 9.18 Å². The fraction of sp³-hybridized carbons (Fsp3) is 0.143. The third-order valence-corrected chi connectivity index (χ3v) is 4.59. The highest BCUT2D eigenvalue weighted by atomic mass is 35.5. The molecule has 3 aromatic rings. The van der Waals surface area contributed by atoms with Crippen LogP contribution in [-0.4, -0.2) is 16.7 Å². The van der Waals surface area contributed by atoms with Gasteiger partial charge in [-0.2, -0.15) is 5.10 Å². The van der Waals surface area contributed by atoms with E-state index in [1.165, 1.54) is 24.3 Å². The van der Waals surface area contributed by atoms with E-state index in [9.17, 15) is 9.18 Å². The molecular formula is C21H19ClFN3O. The van der Waals surface area contributed by atoms with Gasteiger partial charge >= 0.3 is 0 Å². The molecule has 1 aromatic heterocycles. The van der Waals surface area contributed by atoms with Crippen molar-refractivity contribution in [1.82, 2.24) is 9.99 Å². The van der Waals surface area contributed by atoms with Crippen molar-refractivity contribution in [2.24, 2.45) is 5.10 Å². The Morgan fingerprint density at radius 1 is 1.11 bits per heavy atom. The maximum Gasteiger partial charge on any atom is 0.271 e. The van der Waals surface area contributed by atoms with E-state index in [1.807, 2.05) is 45.0 Å². The highest BCUT2D eigenvalue weighted by Gasteiger charge is 2.12. The van der Waals surface area contributed by atoms with Crippen molar-refractivity contribution in [1.29, 1.82) is 0 Å². The Morgan fingerprint density at radius 2 is 1.81 bits per heavy atom. The number of nitrogens with one attached hydrogen (secondary N) is 1. The van der Waals surface area contributed by atoms with Gasteiger partial charge in [-0.15, -0.1) is 0 Å². The molecule has 1 heterocycles. The summed E-state index contributed by atoms with van der Waals surface area (Å²) in [6.45, 7) is 6.01. The van der Waals surface area contributed by atoms with Gasteiger partial charge in [-0.25, -0.2) is 9.82 Å². The van der Waals surface area contributed by atoms with Crippen LogP contribution >= 0.6 is 11.6 Å². The molecule has 6 heteroatoms. The van der Waals surface area contributed by atoms with Crippen LogP contribution in [0.2, 0.25) is 5.02 Å². The fourth-order valence-electron chi connectivity index (χ4n) is 2.94. The number of hydrogen-bond acceptors (Lipinski definition) is 2. The summed E-state index contributed by atoms with van der Waals surface area (Å²) in [6, 6.07) is 13.0. The van der Waals surface area contributed by atoms with E-state index in [0.717, 1.165) is 28.2 Å². The minimum absolute atomic E-state index is 0.341. The highest BCUT2D eigenvalue weighted by molar-refractivity contribution is 6.30. The predicted molar refractivity (Wildman–Crippen MR) is 106 cm³/mol. The summed E-state index contributed by atoms with van der Waals surface area (Å²) in [5.74, 6) is -0.787. The Balaban J connectivity index is 1.82. The molecule has 0 aliphatic rings. The molecule has 0 fully saturated rings. The lowest BCUT2D eigenvalue weighted by Crippen LogP contribution is -2.17. The maximum absolute atomic E-state index is 12.9. The van der Waals surface area contributed by atoms with Crippen molar-refractivity contribution in [2.45, 2.75) is 20.8 Å². The second kappa shape index (κ2) is 7.76. The van der Waals surface area contributed by atoms with Gasteiger partial charge in [0.1, 0.15) is 5.82 Å². The lowest BCUT2D eigenvalue weighted by Gasteiger charge is -2.13. The van der Waals surface area contributed by atoms with E-state index >= 15 is 0 Å². The van der Waals surface area contributed by atoms with Crippen LogP contribution in [0.15, 0.2) is 53.6 Å². The Bertz CT molecular complexity index is 1020. The van der Waals surface area contributed by atoms with Gasteiger partial charge in [0.2, 0.25) is 0 Å². The van der Waals surface area contributed by atoms with Crippen molar-refractivity contribution in [3.05, 3.63) is 87.4 Å². The molecule has 3 rings (SSSR count). The number of carbonyl (C=O) groups excluding carboxylic acids is 1. The second-order valence-electron chi connectivity index (χ2n) is 6.30. The Labute approximate surface area is 162 Å². The summed E-state index contributed by atoms with van der Waals surface area (Å²) in [7, 11) is 0. The van der Waals surface area contributed by atoms with E-state index in [-0.39, 0.29) is 0 Å². The van der Waals surface area contributed by atoms with Crippen LogP contribution < -0.4 is 5.43 Å². The van der Waals surface area contributed by atoms with Gasteiger partial charge in [-0.05, 0) is 68.8 Å². The topological polar surface area (TPSA) is 46.4 Å². The van der Waals surface area contributed by atoms with Gasteiger partial charge in [-0.1, -0.05) is 17.7 Å². The van der Waals surface area contributed by atoms with Crippen molar-refractivity contribution in [3.8, 4) is 5.69 Å². The number of nitrogens with zero attached hydrogens (tertiary/aromatic N) is 2. The number of hydrogen-bond donors (Lipinski definition) is 1. The van der Waals surface area contributed by atoms with Gasteiger partial charge in [0.25, 0.3) is 5.91 Å². The molecular weight excluding hydrogens is 365 g/mol. The van der Waals surface area contributed by atoms with Crippen molar-refractivity contribution >= 4 is 23.7 Å². The van der Waals surface area contributed by atoms with Gasteiger partial charge < -0.3 is 4.57 Å². The standard InChI is InChI=1S/C21H19ClFN3O/c1-13-4-7-18(22)11-20(13)26-14(2)10-17(15(26)3)12-24-25-21(27)16-5-8-19(23)9-6-16/h4-12H,1-3H3,(H,25,27)/b24-12-. The lowest BCUT2D eigenvalue weighted by atomic mass is 10.2. The van der Waals surface area contributed by atoms with E-state index in [0.29, 0.717) is 10.6 Å². The zero-order valence-electron chi connectivity index (χ0n) is 15.3. The quantitative estimate of drug-likeness (QED) is 0.502. The normalized spacial score (nSPS) is 11.1. The minimum Gasteiger partial charge on any atom is -0.318 e. The molecule has 0 aliphatic carbocycles. The number of hydrazone groups is 1. The molecule has 27 heavy (non-hydrogen) atoms. The zero-order valence-corrected chi connectivity index (χ0v) is 16.0. The zero-order chi connectivity index (χ0) is 19.6. The molecule has 0 saturated carbocycles. The molecule has 4 nitrogen and oxygen atoms in total. The summed E-state index contributed by atoms with van der Waals surface area (Å²) in [5, 5.41) is 4.70. The number of amides is 1. The largest absolute Gasteiger partial charge is 0.318 e. The summed E-state index contributed by atoms with van der Waals surface area (Å²) < 4.78 is 15.0. The average molecular weight is 384 g/mol. The SMILES string of the molecule is Cc1ccc(Cl)cc1-n1c(C)cc(/C=N\NC(=O)c2ccc(F)cc2)c1C. The Morgan fingerprint density at radius 3 is 2.52 bits per heavy atom. The molecule has 138 valence electrons. The molecule has 0 unspecified atom stereocenters. The first kappa shape index (κ1) is 18.9. The molecule has 0 radical (unpaired) electrons. The van der Waals surface area contributed by atoms with Gasteiger partial charge in [0, 0.05) is 33.2 Å². The number of halogens is 2. The highest BCUT2D eigenvalue weighted by Crippen LogP contribution is 2.25. The molecule has 0 saturated heterocycles. The fourth-order valence-corrected chi connectivity index (χ4v) is 3.11. The van der Waals surface area contributed by atoms with Gasteiger partial charge in [-0.3, -0.25) is 4.79 Å². The summed E-state index contributed by atoms with van der Waals surface area (Å²) in [5.41, 5.74) is 7.81. The smallest absolute Gasteiger partial charge is 0.271 e. The monoisotopic (exact) mass is 383 g/mol. The molecule has 1 N–H and O–H groups in total. The number of benzene rings is 2. The first-order valence-corrected chi connectivity index (χ1v) is 8.79. The molecule has 0 spiro atoms. The minimum atomic E-state index is -0.397. The number of aromatic nitrogens is 1. The first-order chi connectivity index (χ1) is 12.9. The van der Waals surface area contributed by atoms with Gasteiger partial charge in [0.05, 0.1) is 6.21 Å². The van der Waals surface area contributed by atoms with E-state index in [1.54, 1.807) is 6.21 Å². The van der Waals surface area contributed by atoms with Crippen LogP contribution in [0.1, 0.15) is 32.9 Å². The van der Waals surface area contributed by atoms with Gasteiger partial charge in [0.15, 0.2) is 0 Å². The molecule has 0 atom stereocenters. The summed E-state index contributed by atoms with van der Waals surface area (Å²) in [4.78, 5) is 12.0. The van der Waals surface area contributed by atoms with Crippen LogP contribution in [0.4, 0.5) is 4.39 Å². The molecule has 0 bridgehead atoms. The van der Waals surface area contributed by atoms with Crippen LogP contribution in [0, 0.1) is 26.6 Å². The van der Waals surface area contributed by atoms with Crippen molar-refractivity contribution in [2.75, 3.05) is 0 Å². The van der Waals surface area contributed by atoms with E-state index in [4.69, 9.17) is 11.6 Å². The van der Waals surface area contributed by atoms with Crippen LogP contribution in [0.5, 0.6) is 0 Å². The van der Waals surface area contributed by atoms with Crippen LogP contribution in [-0.2, 0) is 0 Å². The Kier molecular flexibility index (Phi) is 5.42. The lowest BCUT2D eigenvalue weighted by molar-refractivity contribution is 0.0955. The Hall–Kier alpha value is -2.92.